The summed E-state index contributed by atoms with van der Waals surface area (Å²) in [5.41, 5.74) is 0.0861. The highest BCUT2D eigenvalue weighted by Gasteiger charge is 2.31. The fraction of sp³-hybridized carbons (Fsp3) is 0.643. The number of hydrogen-bond donors (Lipinski definition) is 1. The van der Waals surface area contributed by atoms with Gasteiger partial charge in [-0.1, -0.05) is 13.8 Å². The van der Waals surface area contributed by atoms with E-state index >= 15 is 0 Å². The number of thioether (sulfide) groups is 1. The smallest absolute Gasteiger partial charge is 0.311 e. The molecule has 2 heterocycles. The van der Waals surface area contributed by atoms with E-state index in [0.717, 1.165) is 25.3 Å². The van der Waals surface area contributed by atoms with E-state index in [2.05, 4.69) is 36.0 Å². The third kappa shape index (κ3) is 3.58. The molecule has 1 aromatic heterocycles. The molecule has 1 fully saturated rings. The van der Waals surface area contributed by atoms with Crippen LogP contribution in [0.1, 0.15) is 27.2 Å². The number of aromatic nitrogens is 1. The highest BCUT2D eigenvalue weighted by molar-refractivity contribution is 8.00. The molecule has 2 unspecified atom stereocenters. The summed E-state index contributed by atoms with van der Waals surface area (Å²) >= 11 is 1.90. The molecule has 116 valence electrons. The Balaban J connectivity index is 2.35. The second-order valence-electron chi connectivity index (χ2n) is 5.23. The van der Waals surface area contributed by atoms with Gasteiger partial charge in [-0.3, -0.25) is 10.1 Å². The Morgan fingerprint density at radius 2 is 2.29 bits per heavy atom. The molecule has 7 heteroatoms. The lowest BCUT2D eigenvalue weighted by molar-refractivity contribution is -0.384. The van der Waals surface area contributed by atoms with Gasteiger partial charge in [0.1, 0.15) is 5.82 Å². The second kappa shape index (κ2) is 6.98. The van der Waals surface area contributed by atoms with Gasteiger partial charge in [-0.2, -0.15) is 11.8 Å². The minimum Gasteiger partial charge on any atom is -0.370 e. The first-order chi connectivity index (χ1) is 10.0. The largest absolute Gasteiger partial charge is 0.370 e. The molecule has 6 nitrogen and oxygen atoms in total. The Bertz CT molecular complexity index is 512. The summed E-state index contributed by atoms with van der Waals surface area (Å²) in [7, 11) is 0. The lowest BCUT2D eigenvalue weighted by atomic mass is 10.2. The molecule has 1 aromatic rings. The number of nitrogens with one attached hydrogen (secondary N) is 1. The van der Waals surface area contributed by atoms with Crippen molar-refractivity contribution in [2.24, 2.45) is 0 Å². The van der Waals surface area contributed by atoms with Crippen molar-refractivity contribution < 1.29 is 4.92 Å². The van der Waals surface area contributed by atoms with Crippen LogP contribution in [0.25, 0.3) is 0 Å². The molecule has 0 aromatic carbocycles. The Kier molecular flexibility index (Phi) is 5.27. The molecule has 1 aliphatic rings. The molecule has 0 amide bonds. The molecule has 0 radical (unpaired) electrons. The van der Waals surface area contributed by atoms with Crippen LogP contribution in [0.4, 0.5) is 17.3 Å². The fourth-order valence-corrected chi connectivity index (χ4v) is 3.48. The summed E-state index contributed by atoms with van der Waals surface area (Å²) in [6.45, 7) is 7.94. The number of nitrogens with zero attached hydrogens (tertiary/aromatic N) is 3. The maximum Gasteiger partial charge on any atom is 0.311 e. The normalized spacial score (nSPS) is 22.1. The van der Waals surface area contributed by atoms with Gasteiger partial charge in [0, 0.05) is 36.2 Å². The van der Waals surface area contributed by atoms with Gasteiger partial charge in [-0.25, -0.2) is 4.98 Å². The van der Waals surface area contributed by atoms with Crippen LogP contribution in [0.3, 0.4) is 0 Å². The zero-order valence-electron chi connectivity index (χ0n) is 12.7. The Labute approximate surface area is 129 Å². The number of nitro groups is 1. The minimum atomic E-state index is -0.342. The van der Waals surface area contributed by atoms with Crippen LogP contribution in [0, 0.1) is 10.1 Å². The third-order valence-corrected chi connectivity index (χ3v) is 5.10. The predicted octanol–water partition coefficient (Wildman–Crippen LogP) is 3.14. The van der Waals surface area contributed by atoms with Crippen molar-refractivity contribution in [3.63, 3.8) is 0 Å². The lowest BCUT2D eigenvalue weighted by Crippen LogP contribution is -2.45. The average molecular weight is 310 g/mol. The van der Waals surface area contributed by atoms with Crippen LogP contribution in [-0.2, 0) is 0 Å². The monoisotopic (exact) mass is 310 g/mol. The van der Waals surface area contributed by atoms with Crippen LogP contribution in [0.5, 0.6) is 0 Å². The van der Waals surface area contributed by atoms with Crippen LogP contribution in [0.2, 0.25) is 0 Å². The number of anilines is 2. The molecular formula is C14H22N4O2S. The van der Waals surface area contributed by atoms with E-state index < -0.39 is 0 Å². The van der Waals surface area contributed by atoms with E-state index in [1.807, 2.05) is 11.8 Å². The molecule has 1 aliphatic heterocycles. The molecule has 1 saturated heterocycles. The molecule has 2 atom stereocenters. The number of hydrogen-bond acceptors (Lipinski definition) is 6. The van der Waals surface area contributed by atoms with Crippen molar-refractivity contribution in [3.05, 3.63) is 22.2 Å². The highest BCUT2D eigenvalue weighted by atomic mass is 32.2. The topological polar surface area (TPSA) is 71.3 Å². The zero-order valence-corrected chi connectivity index (χ0v) is 13.5. The molecule has 0 bridgehead atoms. The molecule has 2 rings (SSSR count). The molecule has 21 heavy (non-hydrogen) atoms. The van der Waals surface area contributed by atoms with E-state index in [4.69, 9.17) is 0 Å². The third-order valence-electron chi connectivity index (χ3n) is 3.76. The summed E-state index contributed by atoms with van der Waals surface area (Å²) < 4.78 is 0. The van der Waals surface area contributed by atoms with Crippen molar-refractivity contribution in [3.8, 4) is 0 Å². The average Bonchev–Trinajstić information content (AvgIpc) is 2.47. The molecule has 1 N–H and O–H groups in total. The Hall–Kier alpha value is -1.50. The quantitative estimate of drug-likeness (QED) is 0.665. The van der Waals surface area contributed by atoms with Crippen LogP contribution < -0.4 is 10.2 Å². The van der Waals surface area contributed by atoms with E-state index in [-0.39, 0.29) is 16.7 Å². The van der Waals surface area contributed by atoms with Crippen molar-refractivity contribution in [1.82, 2.24) is 4.98 Å². The van der Waals surface area contributed by atoms with Gasteiger partial charge < -0.3 is 10.2 Å². The summed E-state index contributed by atoms with van der Waals surface area (Å²) in [6, 6.07) is 3.47. The Morgan fingerprint density at radius 1 is 1.52 bits per heavy atom. The predicted molar refractivity (Wildman–Crippen MR) is 88.4 cm³/mol. The fourth-order valence-electron chi connectivity index (χ4n) is 2.38. The maximum atomic E-state index is 11.3. The maximum absolute atomic E-state index is 11.3. The van der Waals surface area contributed by atoms with Gasteiger partial charge >= 0.3 is 5.69 Å². The standard InChI is InChI=1S/C14H22N4O2S/c1-4-7-15-13-6-5-12(18(19)20)14(16-13)17-8-9-21-11(3)10(17)2/h5-6,10-11H,4,7-9H2,1-3H3,(H,15,16). The molecule has 0 saturated carbocycles. The first-order valence-electron chi connectivity index (χ1n) is 7.32. The second-order valence-corrected chi connectivity index (χ2v) is 6.72. The van der Waals surface area contributed by atoms with Crippen molar-refractivity contribution >= 4 is 29.1 Å². The van der Waals surface area contributed by atoms with Crippen molar-refractivity contribution in [2.45, 2.75) is 38.5 Å². The summed E-state index contributed by atoms with van der Waals surface area (Å²) in [4.78, 5) is 17.5. The summed E-state index contributed by atoms with van der Waals surface area (Å²) in [6.07, 6.45) is 0.988. The first kappa shape index (κ1) is 15.9. The van der Waals surface area contributed by atoms with Crippen LogP contribution in [-0.4, -0.2) is 40.0 Å². The van der Waals surface area contributed by atoms with Crippen molar-refractivity contribution in [2.75, 3.05) is 29.1 Å². The van der Waals surface area contributed by atoms with E-state index in [0.29, 0.717) is 16.9 Å². The van der Waals surface area contributed by atoms with Gasteiger partial charge in [-0.05, 0) is 19.4 Å². The van der Waals surface area contributed by atoms with Crippen molar-refractivity contribution in [1.29, 1.82) is 0 Å². The van der Waals surface area contributed by atoms with Gasteiger partial charge in [0.25, 0.3) is 0 Å². The molecular weight excluding hydrogens is 288 g/mol. The van der Waals surface area contributed by atoms with Gasteiger partial charge in [0.15, 0.2) is 0 Å². The van der Waals surface area contributed by atoms with E-state index in [9.17, 15) is 10.1 Å². The summed E-state index contributed by atoms with van der Waals surface area (Å²) in [5, 5.41) is 14.9. The van der Waals surface area contributed by atoms with E-state index in [1.54, 1.807) is 12.1 Å². The molecule has 0 spiro atoms. The lowest BCUT2D eigenvalue weighted by Gasteiger charge is -2.38. The minimum absolute atomic E-state index is 0.0861. The highest BCUT2D eigenvalue weighted by Crippen LogP contribution is 2.34. The Morgan fingerprint density at radius 3 is 2.95 bits per heavy atom. The number of pyridine rings is 1. The zero-order chi connectivity index (χ0) is 15.4. The van der Waals surface area contributed by atoms with Gasteiger partial charge in [-0.15, -0.1) is 0 Å². The first-order valence-corrected chi connectivity index (χ1v) is 8.37. The molecule has 0 aliphatic carbocycles. The number of rotatable bonds is 5. The van der Waals surface area contributed by atoms with E-state index in [1.165, 1.54) is 0 Å². The SMILES string of the molecule is CCCNc1ccc([N+](=O)[O-])c(N2CCSC(C)C2C)n1. The van der Waals surface area contributed by atoms with Gasteiger partial charge in [0.2, 0.25) is 5.82 Å². The van der Waals surface area contributed by atoms with Crippen LogP contribution >= 0.6 is 11.8 Å². The van der Waals surface area contributed by atoms with Gasteiger partial charge in [0.05, 0.1) is 4.92 Å². The van der Waals surface area contributed by atoms with Crippen LogP contribution in [0.15, 0.2) is 12.1 Å². The summed E-state index contributed by atoms with van der Waals surface area (Å²) in [5.74, 6) is 2.16.